The van der Waals surface area contributed by atoms with E-state index >= 15 is 0 Å². The molecule has 7 heteroatoms. The SMILES string of the molecule is CCC(=O)N1CCCN(CCC(=O)Nc2sc3c(c2C#N)CCC3)CC1. The molecule has 0 bridgehead atoms. The topological polar surface area (TPSA) is 76.4 Å². The lowest BCUT2D eigenvalue weighted by atomic mass is 10.1. The zero-order valence-electron chi connectivity index (χ0n) is 15.3. The number of thiophene rings is 1. The minimum absolute atomic E-state index is 0.0350. The Morgan fingerprint density at radius 1 is 1.19 bits per heavy atom. The van der Waals surface area contributed by atoms with E-state index in [1.54, 1.807) is 11.3 Å². The van der Waals surface area contributed by atoms with Gasteiger partial charge in [0.05, 0.1) is 5.56 Å². The van der Waals surface area contributed by atoms with Gasteiger partial charge in [-0.05, 0) is 37.8 Å². The van der Waals surface area contributed by atoms with E-state index < -0.39 is 0 Å². The molecule has 2 heterocycles. The lowest BCUT2D eigenvalue weighted by molar-refractivity contribution is -0.130. The lowest BCUT2D eigenvalue weighted by Crippen LogP contribution is -2.35. The summed E-state index contributed by atoms with van der Waals surface area (Å²) < 4.78 is 0. The van der Waals surface area contributed by atoms with E-state index in [9.17, 15) is 14.9 Å². The van der Waals surface area contributed by atoms with Crippen molar-refractivity contribution in [3.63, 3.8) is 0 Å². The van der Waals surface area contributed by atoms with Crippen LogP contribution in [0.3, 0.4) is 0 Å². The van der Waals surface area contributed by atoms with Gasteiger partial charge in [-0.15, -0.1) is 11.3 Å². The molecule has 0 unspecified atom stereocenters. The van der Waals surface area contributed by atoms with Gasteiger partial charge in [-0.2, -0.15) is 5.26 Å². The van der Waals surface area contributed by atoms with Crippen molar-refractivity contribution in [3.8, 4) is 6.07 Å². The molecule has 0 spiro atoms. The zero-order valence-corrected chi connectivity index (χ0v) is 16.2. The van der Waals surface area contributed by atoms with E-state index in [2.05, 4.69) is 16.3 Å². The summed E-state index contributed by atoms with van der Waals surface area (Å²) in [4.78, 5) is 29.6. The van der Waals surface area contributed by atoms with Crippen LogP contribution in [0.25, 0.3) is 0 Å². The first kappa shape index (κ1) is 18.9. The average Bonchev–Trinajstić information content (AvgIpc) is 3.12. The van der Waals surface area contributed by atoms with E-state index in [-0.39, 0.29) is 11.8 Å². The molecule has 1 fully saturated rings. The molecule has 2 amide bonds. The maximum atomic E-state index is 12.3. The highest BCUT2D eigenvalue weighted by molar-refractivity contribution is 7.16. The summed E-state index contributed by atoms with van der Waals surface area (Å²) in [5.41, 5.74) is 1.81. The molecule has 0 aromatic carbocycles. The molecule has 0 atom stereocenters. The van der Waals surface area contributed by atoms with Crippen LogP contribution in [0, 0.1) is 11.3 Å². The molecule has 140 valence electrons. The molecule has 0 radical (unpaired) electrons. The Bertz CT molecular complexity index is 722. The van der Waals surface area contributed by atoms with Crippen molar-refractivity contribution in [1.29, 1.82) is 5.26 Å². The van der Waals surface area contributed by atoms with E-state index in [4.69, 9.17) is 0 Å². The van der Waals surface area contributed by atoms with Crippen LogP contribution in [0.2, 0.25) is 0 Å². The number of hydrogen-bond donors (Lipinski definition) is 1. The van der Waals surface area contributed by atoms with Crippen molar-refractivity contribution < 1.29 is 9.59 Å². The minimum Gasteiger partial charge on any atom is -0.341 e. The van der Waals surface area contributed by atoms with Crippen LogP contribution < -0.4 is 5.32 Å². The zero-order chi connectivity index (χ0) is 18.5. The molecular weight excluding hydrogens is 348 g/mol. The number of nitriles is 1. The van der Waals surface area contributed by atoms with E-state index in [0.29, 0.717) is 24.9 Å². The van der Waals surface area contributed by atoms with Gasteiger partial charge in [-0.1, -0.05) is 6.92 Å². The fourth-order valence-corrected chi connectivity index (χ4v) is 4.98. The number of nitrogens with one attached hydrogen (secondary N) is 1. The van der Waals surface area contributed by atoms with Gasteiger partial charge in [0, 0.05) is 43.9 Å². The number of rotatable bonds is 5. The fourth-order valence-electron chi connectivity index (χ4n) is 3.73. The third kappa shape index (κ3) is 4.25. The summed E-state index contributed by atoms with van der Waals surface area (Å²) in [7, 11) is 0. The number of carbonyl (C=O) groups excluding carboxylic acids is 2. The van der Waals surface area contributed by atoms with Crippen molar-refractivity contribution in [3.05, 3.63) is 16.0 Å². The van der Waals surface area contributed by atoms with E-state index in [1.807, 2.05) is 11.8 Å². The molecule has 0 saturated carbocycles. The van der Waals surface area contributed by atoms with Crippen LogP contribution in [0.15, 0.2) is 0 Å². The molecule has 1 aliphatic heterocycles. The number of aryl methyl sites for hydroxylation is 1. The molecular formula is C19H26N4O2S. The van der Waals surface area contributed by atoms with Gasteiger partial charge < -0.3 is 15.1 Å². The van der Waals surface area contributed by atoms with Crippen molar-refractivity contribution in [2.75, 3.05) is 38.0 Å². The summed E-state index contributed by atoms with van der Waals surface area (Å²) in [6.07, 6.45) is 4.99. The summed E-state index contributed by atoms with van der Waals surface area (Å²) in [5, 5.41) is 13.1. The standard InChI is InChI=1S/C19H26N4O2S/c1-2-18(25)23-9-4-8-22(11-12-23)10-7-17(24)21-19-15(13-20)14-5-3-6-16(14)26-19/h2-12H2,1H3,(H,21,24). The van der Waals surface area contributed by atoms with Crippen LogP contribution in [0.1, 0.15) is 48.6 Å². The average molecular weight is 375 g/mol. The maximum Gasteiger partial charge on any atom is 0.226 e. The molecule has 1 aromatic heterocycles. The van der Waals surface area contributed by atoms with Gasteiger partial charge >= 0.3 is 0 Å². The predicted molar refractivity (Wildman–Crippen MR) is 102 cm³/mol. The minimum atomic E-state index is -0.0350. The van der Waals surface area contributed by atoms with Gasteiger partial charge in [0.25, 0.3) is 0 Å². The van der Waals surface area contributed by atoms with Gasteiger partial charge in [0.2, 0.25) is 11.8 Å². The molecule has 26 heavy (non-hydrogen) atoms. The van der Waals surface area contributed by atoms with Crippen LogP contribution in [0.5, 0.6) is 0 Å². The Kier molecular flexibility index (Phi) is 6.28. The number of carbonyl (C=O) groups is 2. The summed E-state index contributed by atoms with van der Waals surface area (Å²) >= 11 is 1.56. The van der Waals surface area contributed by atoms with Crippen molar-refractivity contribution in [2.24, 2.45) is 0 Å². The van der Waals surface area contributed by atoms with Crippen LogP contribution in [0.4, 0.5) is 5.00 Å². The fraction of sp³-hybridized carbons (Fsp3) is 0.632. The van der Waals surface area contributed by atoms with Crippen LogP contribution in [-0.4, -0.2) is 54.3 Å². The Hall–Kier alpha value is -1.91. The second-order valence-electron chi connectivity index (χ2n) is 6.90. The summed E-state index contributed by atoms with van der Waals surface area (Å²) in [5.74, 6) is 0.173. The molecule has 1 saturated heterocycles. The third-order valence-electron chi connectivity index (χ3n) is 5.18. The van der Waals surface area contributed by atoms with Crippen LogP contribution in [-0.2, 0) is 22.4 Å². The predicted octanol–water partition coefficient (Wildman–Crippen LogP) is 2.38. The first-order valence-corrected chi connectivity index (χ1v) is 10.3. The lowest BCUT2D eigenvalue weighted by Gasteiger charge is -2.21. The van der Waals surface area contributed by atoms with Crippen LogP contribution >= 0.6 is 11.3 Å². The molecule has 2 aliphatic rings. The Morgan fingerprint density at radius 3 is 2.81 bits per heavy atom. The Labute approximate surface area is 158 Å². The highest BCUT2D eigenvalue weighted by atomic mass is 32.1. The number of amides is 2. The van der Waals surface area contributed by atoms with E-state index in [1.165, 1.54) is 4.88 Å². The van der Waals surface area contributed by atoms with Gasteiger partial charge in [0.1, 0.15) is 11.1 Å². The van der Waals surface area contributed by atoms with Crippen molar-refractivity contribution in [1.82, 2.24) is 9.80 Å². The second kappa shape index (κ2) is 8.65. The smallest absolute Gasteiger partial charge is 0.226 e. The Balaban J connectivity index is 1.49. The molecule has 1 aliphatic carbocycles. The van der Waals surface area contributed by atoms with Crippen molar-refractivity contribution in [2.45, 2.75) is 45.4 Å². The largest absolute Gasteiger partial charge is 0.341 e. The number of hydrogen-bond acceptors (Lipinski definition) is 5. The van der Waals surface area contributed by atoms with Gasteiger partial charge in [0.15, 0.2) is 0 Å². The number of nitrogens with zero attached hydrogens (tertiary/aromatic N) is 3. The maximum absolute atomic E-state index is 12.3. The first-order valence-electron chi connectivity index (χ1n) is 9.47. The van der Waals surface area contributed by atoms with Gasteiger partial charge in [-0.25, -0.2) is 0 Å². The Morgan fingerprint density at radius 2 is 2.04 bits per heavy atom. The highest BCUT2D eigenvalue weighted by Crippen LogP contribution is 2.38. The molecule has 1 aromatic rings. The summed E-state index contributed by atoms with van der Waals surface area (Å²) in [6.45, 7) is 5.86. The van der Waals surface area contributed by atoms with Gasteiger partial charge in [-0.3, -0.25) is 9.59 Å². The van der Waals surface area contributed by atoms with E-state index in [0.717, 1.165) is 62.4 Å². The number of anilines is 1. The monoisotopic (exact) mass is 374 g/mol. The number of fused-ring (bicyclic) bond motifs is 1. The molecule has 3 rings (SSSR count). The normalized spacial score (nSPS) is 17.5. The first-order chi connectivity index (χ1) is 12.6. The quantitative estimate of drug-likeness (QED) is 0.858. The highest BCUT2D eigenvalue weighted by Gasteiger charge is 2.23. The van der Waals surface area contributed by atoms with Crippen molar-refractivity contribution >= 4 is 28.2 Å². The molecule has 6 nitrogen and oxygen atoms in total. The summed E-state index contributed by atoms with van der Waals surface area (Å²) in [6, 6.07) is 2.26. The third-order valence-corrected chi connectivity index (χ3v) is 6.39. The molecule has 1 N–H and O–H groups in total. The second-order valence-corrected chi connectivity index (χ2v) is 8.01.